The molecule has 0 saturated carbocycles. The molecule has 4 heteroatoms. The molecule has 0 spiro atoms. The van der Waals surface area contributed by atoms with Crippen molar-refractivity contribution in [2.75, 3.05) is 12.0 Å². The SMILES string of the molecule is Cc1cc2c(n1C(C)CCS(C)=O)CC(C)(C)CC2=O. The molecule has 1 aliphatic rings. The van der Waals surface area contributed by atoms with Gasteiger partial charge in [0.1, 0.15) is 0 Å². The third kappa shape index (κ3) is 3.05. The number of hydrogen-bond acceptors (Lipinski definition) is 2. The summed E-state index contributed by atoms with van der Waals surface area (Å²) in [5, 5.41) is 0. The maximum atomic E-state index is 12.3. The second-order valence-electron chi connectivity index (χ2n) is 6.87. The average Bonchev–Trinajstić information content (AvgIpc) is 2.61. The van der Waals surface area contributed by atoms with E-state index in [1.807, 2.05) is 6.07 Å². The maximum Gasteiger partial charge on any atom is 0.165 e. The number of Topliss-reactive ketones (excluding diaryl/α,β-unsaturated/α-hetero) is 1. The number of ketones is 1. The number of carbonyl (C=O) groups excluding carboxylic acids is 1. The Bertz CT molecular complexity index is 557. The van der Waals surface area contributed by atoms with E-state index in [0.29, 0.717) is 18.2 Å². The van der Waals surface area contributed by atoms with Gasteiger partial charge in [0.05, 0.1) is 0 Å². The molecule has 1 aromatic heterocycles. The molecule has 2 atom stereocenters. The summed E-state index contributed by atoms with van der Waals surface area (Å²) in [5.74, 6) is 0.981. The normalized spacial score (nSPS) is 20.6. The third-order valence-corrected chi connectivity index (χ3v) is 4.99. The lowest BCUT2D eigenvalue weighted by atomic mass is 9.76. The number of fused-ring (bicyclic) bond motifs is 1. The molecule has 1 heterocycles. The number of aromatic nitrogens is 1. The lowest BCUT2D eigenvalue weighted by molar-refractivity contribution is 0.0909. The van der Waals surface area contributed by atoms with Crippen LogP contribution in [0.5, 0.6) is 0 Å². The highest BCUT2D eigenvalue weighted by Crippen LogP contribution is 2.37. The van der Waals surface area contributed by atoms with E-state index in [4.69, 9.17) is 0 Å². The van der Waals surface area contributed by atoms with Crippen LogP contribution in [0.4, 0.5) is 0 Å². The van der Waals surface area contributed by atoms with Crippen LogP contribution < -0.4 is 0 Å². The molecule has 0 aromatic carbocycles. The van der Waals surface area contributed by atoms with Crippen molar-refractivity contribution in [1.29, 1.82) is 0 Å². The molecule has 0 fully saturated rings. The van der Waals surface area contributed by atoms with Crippen molar-refractivity contribution in [2.45, 2.75) is 53.0 Å². The largest absolute Gasteiger partial charge is 0.345 e. The highest BCUT2D eigenvalue weighted by Gasteiger charge is 2.34. The van der Waals surface area contributed by atoms with Crippen LogP contribution in [0.25, 0.3) is 0 Å². The van der Waals surface area contributed by atoms with Gasteiger partial charge in [-0.25, -0.2) is 0 Å². The summed E-state index contributed by atoms with van der Waals surface area (Å²) < 4.78 is 13.6. The van der Waals surface area contributed by atoms with Gasteiger partial charge < -0.3 is 4.57 Å². The summed E-state index contributed by atoms with van der Waals surface area (Å²) in [5.41, 5.74) is 3.28. The lowest BCUT2D eigenvalue weighted by Gasteiger charge is -2.31. The minimum atomic E-state index is -0.759. The van der Waals surface area contributed by atoms with E-state index >= 15 is 0 Å². The first-order valence-corrected chi connectivity index (χ1v) is 8.98. The molecule has 1 aliphatic carbocycles. The van der Waals surface area contributed by atoms with Gasteiger partial charge in [-0.1, -0.05) is 13.8 Å². The molecule has 0 aliphatic heterocycles. The molecule has 1 aromatic rings. The van der Waals surface area contributed by atoms with Crippen LogP contribution in [0.2, 0.25) is 0 Å². The van der Waals surface area contributed by atoms with Crippen LogP contribution in [0.15, 0.2) is 6.07 Å². The lowest BCUT2D eigenvalue weighted by Crippen LogP contribution is -2.28. The van der Waals surface area contributed by atoms with E-state index < -0.39 is 10.8 Å². The van der Waals surface area contributed by atoms with Crippen LogP contribution >= 0.6 is 0 Å². The third-order valence-electron chi connectivity index (χ3n) is 4.18. The summed E-state index contributed by atoms with van der Waals surface area (Å²) in [4.78, 5) is 12.3. The average molecular weight is 295 g/mol. The Labute approximate surface area is 124 Å². The maximum absolute atomic E-state index is 12.3. The van der Waals surface area contributed by atoms with Gasteiger partial charge in [-0.15, -0.1) is 0 Å². The van der Waals surface area contributed by atoms with Gasteiger partial charge in [0.25, 0.3) is 0 Å². The van der Waals surface area contributed by atoms with Crippen LogP contribution in [-0.4, -0.2) is 26.6 Å². The number of rotatable bonds is 4. The molecular weight excluding hydrogens is 270 g/mol. The molecule has 0 amide bonds. The van der Waals surface area contributed by atoms with Crippen molar-refractivity contribution in [3.05, 3.63) is 23.0 Å². The summed E-state index contributed by atoms with van der Waals surface area (Å²) in [7, 11) is -0.759. The summed E-state index contributed by atoms with van der Waals surface area (Å²) in [6.45, 7) is 8.54. The minimum absolute atomic E-state index is 0.0416. The quantitative estimate of drug-likeness (QED) is 0.855. The van der Waals surface area contributed by atoms with E-state index in [2.05, 4.69) is 32.3 Å². The molecule has 2 unspecified atom stereocenters. The first kappa shape index (κ1) is 15.5. The molecule has 3 nitrogen and oxygen atoms in total. The summed E-state index contributed by atoms with van der Waals surface area (Å²) in [6, 6.07) is 2.33. The van der Waals surface area contributed by atoms with Crippen molar-refractivity contribution in [3.8, 4) is 0 Å². The molecule has 112 valence electrons. The standard InChI is InChI=1S/C16H25NO2S/c1-11(6-7-20(5)19)17-12(2)8-13-14(17)9-16(3,4)10-15(13)18/h8,11H,6-7,9-10H2,1-5H3. The van der Waals surface area contributed by atoms with Crippen molar-refractivity contribution < 1.29 is 9.00 Å². The van der Waals surface area contributed by atoms with Gasteiger partial charge in [0.15, 0.2) is 5.78 Å². The zero-order valence-electron chi connectivity index (χ0n) is 13.2. The second kappa shape index (κ2) is 5.47. The molecule has 2 rings (SSSR count). The van der Waals surface area contributed by atoms with Crippen LogP contribution in [-0.2, 0) is 17.2 Å². The molecular formula is C16H25NO2S. The first-order valence-electron chi connectivity index (χ1n) is 7.25. The summed E-state index contributed by atoms with van der Waals surface area (Å²) >= 11 is 0. The topological polar surface area (TPSA) is 39.1 Å². The molecule has 0 saturated heterocycles. The van der Waals surface area contributed by atoms with Crippen LogP contribution in [0, 0.1) is 12.3 Å². The summed E-state index contributed by atoms with van der Waals surface area (Å²) in [6.07, 6.45) is 4.22. The van der Waals surface area contributed by atoms with E-state index in [1.54, 1.807) is 6.26 Å². The molecule has 0 bridgehead atoms. The zero-order valence-corrected chi connectivity index (χ0v) is 14.0. The van der Waals surface area contributed by atoms with Gasteiger partial charge in [-0.3, -0.25) is 9.00 Å². The van der Waals surface area contributed by atoms with Gasteiger partial charge in [-0.2, -0.15) is 0 Å². The molecule has 0 N–H and O–H groups in total. The predicted molar refractivity (Wildman–Crippen MR) is 83.9 cm³/mol. The Morgan fingerprint density at radius 2 is 2.05 bits per heavy atom. The highest BCUT2D eigenvalue weighted by molar-refractivity contribution is 7.84. The predicted octanol–water partition coefficient (Wildman–Crippen LogP) is 3.28. The fourth-order valence-corrected chi connectivity index (χ4v) is 3.92. The van der Waals surface area contributed by atoms with Crippen LogP contribution in [0.1, 0.15) is 61.4 Å². The fraction of sp³-hybridized carbons (Fsp3) is 0.688. The van der Waals surface area contributed by atoms with Crippen LogP contribution in [0.3, 0.4) is 0 Å². The second-order valence-corrected chi connectivity index (χ2v) is 8.43. The van der Waals surface area contributed by atoms with Gasteiger partial charge >= 0.3 is 0 Å². The van der Waals surface area contributed by atoms with Crippen molar-refractivity contribution in [3.63, 3.8) is 0 Å². The fourth-order valence-electron chi connectivity index (χ4n) is 3.25. The van der Waals surface area contributed by atoms with Gasteiger partial charge in [0.2, 0.25) is 0 Å². The number of nitrogens with zero attached hydrogens (tertiary/aromatic N) is 1. The number of carbonyl (C=O) groups is 1. The number of hydrogen-bond donors (Lipinski definition) is 0. The Kier molecular flexibility index (Phi) is 4.24. The Morgan fingerprint density at radius 3 is 2.65 bits per heavy atom. The van der Waals surface area contributed by atoms with E-state index in [-0.39, 0.29) is 11.2 Å². The highest BCUT2D eigenvalue weighted by atomic mass is 32.2. The smallest absolute Gasteiger partial charge is 0.165 e. The van der Waals surface area contributed by atoms with Crippen molar-refractivity contribution in [2.24, 2.45) is 5.41 Å². The minimum Gasteiger partial charge on any atom is -0.345 e. The van der Waals surface area contributed by atoms with E-state index in [0.717, 1.165) is 24.1 Å². The molecule has 20 heavy (non-hydrogen) atoms. The van der Waals surface area contributed by atoms with Crippen molar-refractivity contribution in [1.82, 2.24) is 4.57 Å². The Morgan fingerprint density at radius 1 is 1.40 bits per heavy atom. The van der Waals surface area contributed by atoms with E-state index in [9.17, 15) is 9.00 Å². The monoisotopic (exact) mass is 295 g/mol. The van der Waals surface area contributed by atoms with Gasteiger partial charge in [0, 0.05) is 52.2 Å². The molecule has 0 radical (unpaired) electrons. The van der Waals surface area contributed by atoms with Gasteiger partial charge in [-0.05, 0) is 38.2 Å². The zero-order chi connectivity index (χ0) is 15.1. The number of aryl methyl sites for hydroxylation is 1. The Hall–Kier alpha value is -0.900. The van der Waals surface area contributed by atoms with Crippen molar-refractivity contribution >= 4 is 16.6 Å². The Balaban J connectivity index is 2.35. The van der Waals surface area contributed by atoms with E-state index in [1.165, 1.54) is 5.69 Å². The first-order chi connectivity index (χ1) is 9.21.